The van der Waals surface area contributed by atoms with E-state index < -0.39 is 0 Å². The summed E-state index contributed by atoms with van der Waals surface area (Å²) in [5, 5.41) is 13.2. The molecule has 138 valence electrons. The summed E-state index contributed by atoms with van der Waals surface area (Å²) >= 11 is 0. The number of benzene rings is 2. The summed E-state index contributed by atoms with van der Waals surface area (Å²) in [6.45, 7) is 5.59. The van der Waals surface area contributed by atoms with Crippen LogP contribution in [0.1, 0.15) is 23.1 Å². The van der Waals surface area contributed by atoms with Crippen LogP contribution in [0.3, 0.4) is 0 Å². The van der Waals surface area contributed by atoms with Crippen molar-refractivity contribution in [3.05, 3.63) is 65.2 Å². The van der Waals surface area contributed by atoms with Gasteiger partial charge in [-0.05, 0) is 38.1 Å². The van der Waals surface area contributed by atoms with Crippen molar-refractivity contribution in [3.8, 4) is 0 Å². The van der Waals surface area contributed by atoms with E-state index in [0.717, 1.165) is 67.9 Å². The minimum absolute atomic E-state index is 0.576. The number of hydrogen-bond acceptors (Lipinski definition) is 5. The Morgan fingerprint density at radius 1 is 1.04 bits per heavy atom. The molecule has 26 heavy (non-hydrogen) atoms. The van der Waals surface area contributed by atoms with Crippen molar-refractivity contribution in [2.24, 2.45) is 5.16 Å². The van der Waals surface area contributed by atoms with Crippen molar-refractivity contribution in [1.82, 2.24) is 9.80 Å². The molecule has 0 spiro atoms. The number of piperazine rings is 1. The van der Waals surface area contributed by atoms with E-state index in [1.807, 2.05) is 48.5 Å². The summed E-state index contributed by atoms with van der Waals surface area (Å²) in [6.07, 6.45) is 1.92. The number of rotatable bonds is 6. The zero-order valence-corrected chi connectivity index (χ0v) is 15.4. The van der Waals surface area contributed by atoms with Gasteiger partial charge in [-0.25, -0.2) is 0 Å². The zero-order chi connectivity index (χ0) is 18.4. The Balaban J connectivity index is 1.73. The van der Waals surface area contributed by atoms with Gasteiger partial charge in [0.2, 0.25) is 0 Å². The number of nitrogen functional groups attached to an aromatic ring is 1. The summed E-state index contributed by atoms with van der Waals surface area (Å²) < 4.78 is 0. The topological polar surface area (TPSA) is 65.1 Å². The first kappa shape index (κ1) is 18.4. The van der Waals surface area contributed by atoms with Gasteiger partial charge in [0.25, 0.3) is 0 Å². The summed E-state index contributed by atoms with van der Waals surface area (Å²) in [5.74, 6) is 0. The molecule has 1 heterocycles. The van der Waals surface area contributed by atoms with E-state index in [9.17, 15) is 5.21 Å². The van der Waals surface area contributed by atoms with Crippen molar-refractivity contribution >= 4 is 11.4 Å². The van der Waals surface area contributed by atoms with Crippen molar-refractivity contribution < 1.29 is 5.21 Å². The molecule has 0 saturated carbocycles. The highest BCUT2D eigenvalue weighted by Gasteiger charge is 2.16. The van der Waals surface area contributed by atoms with Gasteiger partial charge in [0.05, 0.1) is 0 Å². The van der Waals surface area contributed by atoms with Gasteiger partial charge in [-0.15, -0.1) is 0 Å². The minimum Gasteiger partial charge on any atom is -0.410 e. The lowest BCUT2D eigenvalue weighted by atomic mass is 9.93. The number of likely N-dealkylation sites (N-methyl/N-ethyl adjacent to an activating group) is 1. The molecule has 0 radical (unpaired) electrons. The zero-order valence-electron chi connectivity index (χ0n) is 15.4. The van der Waals surface area contributed by atoms with Crippen LogP contribution in [0.5, 0.6) is 0 Å². The maximum atomic E-state index is 9.64. The Morgan fingerprint density at radius 3 is 2.46 bits per heavy atom. The summed E-state index contributed by atoms with van der Waals surface area (Å²) in [4.78, 5) is 4.88. The van der Waals surface area contributed by atoms with E-state index in [-0.39, 0.29) is 0 Å². The smallest absolute Gasteiger partial charge is 0.117 e. The molecule has 0 bridgehead atoms. The van der Waals surface area contributed by atoms with Crippen LogP contribution in [-0.4, -0.2) is 60.5 Å². The molecule has 1 fully saturated rings. The number of nitrogens with zero attached hydrogens (tertiary/aromatic N) is 3. The molecule has 0 atom stereocenters. The Kier molecular flexibility index (Phi) is 6.26. The molecule has 0 aromatic heterocycles. The Morgan fingerprint density at radius 2 is 1.77 bits per heavy atom. The first-order chi connectivity index (χ1) is 12.7. The van der Waals surface area contributed by atoms with Crippen molar-refractivity contribution in [3.63, 3.8) is 0 Å². The number of anilines is 1. The fourth-order valence-corrected chi connectivity index (χ4v) is 3.52. The first-order valence-electron chi connectivity index (χ1n) is 9.25. The largest absolute Gasteiger partial charge is 0.410 e. The third-order valence-corrected chi connectivity index (χ3v) is 5.11. The highest BCUT2D eigenvalue weighted by Crippen LogP contribution is 2.23. The normalized spacial score (nSPS) is 16.7. The second kappa shape index (κ2) is 8.83. The molecule has 5 heteroatoms. The van der Waals surface area contributed by atoms with Gasteiger partial charge < -0.3 is 20.7 Å². The highest BCUT2D eigenvalue weighted by atomic mass is 16.4. The van der Waals surface area contributed by atoms with Gasteiger partial charge in [0, 0.05) is 43.0 Å². The van der Waals surface area contributed by atoms with Crippen LogP contribution < -0.4 is 5.73 Å². The molecule has 2 aromatic carbocycles. The summed E-state index contributed by atoms with van der Waals surface area (Å²) in [7, 11) is 2.17. The van der Waals surface area contributed by atoms with E-state index in [0.29, 0.717) is 5.71 Å². The van der Waals surface area contributed by atoms with Crippen LogP contribution >= 0.6 is 0 Å². The average Bonchev–Trinajstić information content (AvgIpc) is 2.67. The Bertz CT molecular complexity index is 737. The maximum absolute atomic E-state index is 9.64. The van der Waals surface area contributed by atoms with Gasteiger partial charge in [0.15, 0.2) is 0 Å². The standard InChI is InChI=1S/C21H28N4O/c1-24-13-15-25(16-14-24)12-6-10-18-19(9-5-11-20(18)22)21(23-26)17-7-3-2-4-8-17/h2-5,7-9,11,26H,6,10,12-16,22H2,1H3/b23-21-. The molecular weight excluding hydrogens is 324 g/mol. The van der Waals surface area contributed by atoms with E-state index in [1.54, 1.807) is 0 Å². The molecule has 3 N–H and O–H groups in total. The number of hydrogen-bond donors (Lipinski definition) is 2. The SMILES string of the molecule is CN1CCN(CCCc2c(N)cccc2/C(=N\O)c2ccccc2)CC1. The van der Waals surface area contributed by atoms with E-state index in [4.69, 9.17) is 5.73 Å². The first-order valence-corrected chi connectivity index (χ1v) is 9.25. The van der Waals surface area contributed by atoms with E-state index >= 15 is 0 Å². The third kappa shape index (κ3) is 4.42. The number of nitrogens with two attached hydrogens (primary N) is 1. The van der Waals surface area contributed by atoms with E-state index in [1.165, 1.54) is 0 Å². The molecule has 0 unspecified atom stereocenters. The Hall–Kier alpha value is -2.37. The quantitative estimate of drug-likeness (QED) is 0.363. The monoisotopic (exact) mass is 352 g/mol. The predicted octanol–water partition coefficient (Wildman–Crippen LogP) is 2.68. The van der Waals surface area contributed by atoms with Gasteiger partial charge in [-0.2, -0.15) is 0 Å². The average molecular weight is 352 g/mol. The van der Waals surface area contributed by atoms with Crippen molar-refractivity contribution in [2.45, 2.75) is 12.8 Å². The highest BCUT2D eigenvalue weighted by molar-refractivity contribution is 6.14. The lowest BCUT2D eigenvalue weighted by Gasteiger charge is -2.32. The molecule has 1 aliphatic rings. The van der Waals surface area contributed by atoms with Crippen LogP contribution in [0.4, 0.5) is 5.69 Å². The Labute approximate surface area is 155 Å². The summed E-state index contributed by atoms with van der Waals surface area (Å²) in [5.41, 5.74) is 10.5. The second-order valence-electron chi connectivity index (χ2n) is 6.94. The molecule has 1 aliphatic heterocycles. The van der Waals surface area contributed by atoms with Crippen molar-refractivity contribution in [2.75, 3.05) is 45.5 Å². The second-order valence-corrected chi connectivity index (χ2v) is 6.94. The molecule has 3 rings (SSSR count). The van der Waals surface area contributed by atoms with Crippen LogP contribution in [0.15, 0.2) is 53.7 Å². The minimum atomic E-state index is 0.576. The van der Waals surface area contributed by atoms with Crippen LogP contribution in [0, 0.1) is 0 Å². The van der Waals surface area contributed by atoms with Gasteiger partial charge >= 0.3 is 0 Å². The molecule has 0 amide bonds. The van der Waals surface area contributed by atoms with Crippen LogP contribution in [0.25, 0.3) is 0 Å². The summed E-state index contributed by atoms with van der Waals surface area (Å²) in [6, 6.07) is 15.6. The lowest BCUT2D eigenvalue weighted by Crippen LogP contribution is -2.44. The fraction of sp³-hybridized carbons (Fsp3) is 0.381. The van der Waals surface area contributed by atoms with E-state index in [2.05, 4.69) is 22.0 Å². The maximum Gasteiger partial charge on any atom is 0.117 e. The lowest BCUT2D eigenvalue weighted by molar-refractivity contribution is 0.153. The van der Waals surface area contributed by atoms with Gasteiger partial charge in [-0.1, -0.05) is 47.6 Å². The fourth-order valence-electron chi connectivity index (χ4n) is 3.52. The van der Waals surface area contributed by atoms with Gasteiger partial charge in [0.1, 0.15) is 5.71 Å². The van der Waals surface area contributed by atoms with Crippen LogP contribution in [-0.2, 0) is 6.42 Å². The molecule has 0 aliphatic carbocycles. The van der Waals surface area contributed by atoms with Crippen molar-refractivity contribution in [1.29, 1.82) is 0 Å². The molecule has 5 nitrogen and oxygen atoms in total. The third-order valence-electron chi connectivity index (χ3n) is 5.11. The molecular formula is C21H28N4O. The molecule has 1 saturated heterocycles. The van der Waals surface area contributed by atoms with Gasteiger partial charge in [-0.3, -0.25) is 0 Å². The van der Waals surface area contributed by atoms with Crippen LogP contribution in [0.2, 0.25) is 0 Å². The molecule has 2 aromatic rings. The number of oxime groups is 1. The predicted molar refractivity (Wildman–Crippen MR) is 107 cm³/mol.